The Morgan fingerprint density at radius 2 is 1.65 bits per heavy atom. The summed E-state index contributed by atoms with van der Waals surface area (Å²) in [4.78, 5) is 62.7. The number of benzene rings is 1. The summed E-state index contributed by atoms with van der Waals surface area (Å²) in [6, 6.07) is 4.57. The van der Waals surface area contributed by atoms with Crippen molar-refractivity contribution in [3.05, 3.63) is 49.1 Å². The molecular weight excluding hydrogens is 750 g/mol. The molecule has 51 heavy (non-hydrogen) atoms. The summed E-state index contributed by atoms with van der Waals surface area (Å²) < 4.78 is 17.2. The Hall–Kier alpha value is -3.61. The first-order valence-corrected chi connectivity index (χ1v) is 16.6. The van der Waals surface area contributed by atoms with Crippen LogP contribution in [0.4, 0.5) is 17.2 Å². The molecule has 2 aromatic rings. The quantitative estimate of drug-likeness (QED) is 0.130. The maximum Gasteiger partial charge on any atom is 0.327 e. The summed E-state index contributed by atoms with van der Waals surface area (Å²) in [7, 11) is 0. The first-order chi connectivity index (χ1) is 24.0. The molecule has 1 aromatic carbocycles. The lowest BCUT2D eigenvalue weighted by molar-refractivity contribution is -0.322. The van der Waals surface area contributed by atoms with Crippen molar-refractivity contribution in [2.24, 2.45) is 16.8 Å². The summed E-state index contributed by atoms with van der Waals surface area (Å²) >= 11 is 3.33. The number of nitrogens with zero attached hydrogens (tertiary/aromatic N) is 1. The number of hydrogen-bond donors (Lipinski definition) is 12. The second-order valence-corrected chi connectivity index (χ2v) is 14.2. The minimum atomic E-state index is -2.36. The summed E-state index contributed by atoms with van der Waals surface area (Å²) in [6.07, 6.45) is -19.5. The van der Waals surface area contributed by atoms with Crippen molar-refractivity contribution in [1.82, 2.24) is 9.97 Å². The molecule has 2 aliphatic carbocycles. The fourth-order valence-electron chi connectivity index (χ4n) is 7.96. The molecule has 3 aliphatic heterocycles. The number of fused-ring (bicyclic) bond motifs is 4. The van der Waals surface area contributed by atoms with Gasteiger partial charge >= 0.3 is 11.7 Å². The van der Waals surface area contributed by atoms with Crippen molar-refractivity contribution in [2.75, 3.05) is 23.8 Å². The maximum atomic E-state index is 14.7. The van der Waals surface area contributed by atoms with E-state index < -0.39 is 114 Å². The molecule has 3 fully saturated rings. The van der Waals surface area contributed by atoms with Crippen molar-refractivity contribution >= 4 is 50.7 Å². The van der Waals surface area contributed by atoms with E-state index in [1.54, 1.807) is 6.07 Å². The Bertz CT molecular complexity index is 1920. The van der Waals surface area contributed by atoms with E-state index in [0.717, 1.165) is 0 Å². The van der Waals surface area contributed by atoms with Crippen molar-refractivity contribution in [2.45, 2.75) is 79.2 Å². The predicted octanol–water partition coefficient (Wildman–Crippen LogP) is -4.60. The number of aromatic amines is 2. The van der Waals surface area contributed by atoms with Crippen LogP contribution in [0, 0.1) is 11.8 Å². The summed E-state index contributed by atoms with van der Waals surface area (Å²) in [5.74, 6) is -5.33. The fourth-order valence-corrected chi connectivity index (χ4v) is 8.32. The smallest absolute Gasteiger partial charge is 0.327 e. The second kappa shape index (κ2) is 12.5. The third kappa shape index (κ3) is 5.22. The van der Waals surface area contributed by atoms with Crippen LogP contribution in [-0.2, 0) is 29.2 Å². The molecule has 14 atom stereocenters. The van der Waals surface area contributed by atoms with Gasteiger partial charge < -0.3 is 65.7 Å². The van der Waals surface area contributed by atoms with Crippen LogP contribution in [0.25, 0.3) is 0 Å². The van der Waals surface area contributed by atoms with Crippen LogP contribution < -0.4 is 21.9 Å². The number of H-pyrrole nitrogens is 2. The lowest BCUT2D eigenvalue weighted by Crippen LogP contribution is -2.67. The van der Waals surface area contributed by atoms with Crippen LogP contribution in [0.15, 0.2) is 37.3 Å². The molecule has 1 saturated heterocycles. The average molecular weight is 785 g/mol. The number of nitrogens with one attached hydrogen (secondary N) is 4. The van der Waals surface area contributed by atoms with Gasteiger partial charge in [-0.3, -0.25) is 24.4 Å². The Balaban J connectivity index is 1.34. The number of rotatable bonds is 4. The summed E-state index contributed by atoms with van der Waals surface area (Å²) in [6.45, 7) is 0.365. The number of amides is 1. The molecule has 0 unspecified atom stereocenters. The third-order valence-electron chi connectivity index (χ3n) is 10.4. The Kier molecular flexibility index (Phi) is 8.78. The van der Waals surface area contributed by atoms with Crippen LogP contribution in [0.3, 0.4) is 0 Å². The van der Waals surface area contributed by atoms with E-state index in [2.05, 4.69) is 36.5 Å². The van der Waals surface area contributed by atoms with E-state index in [1.807, 2.05) is 4.98 Å². The standard InChI is InChI=1S/C30H34BrN5O15/c1-29(48)22-8(5-32-23-13(34-22)24(44)36-28(47)35-23)12(30(29)9-3-2-7(31)4-10(9)33-27(30)46)25(45)50-20-17(41)15(39)16(40)18(42)21(20)51-26-19(43)14(38)11(37)6-49-26/h2-4,8,11-12,14-21,26,37-43,48H,5-6H2,1H3,(H,33,46)(H3,32,35,36,44,47)/t8-,11+,12+,14-,15-,16+,17-,18-,19+,20+,21+,26-,29+,30+/m0/s1. The number of hydrogen-bond acceptors (Lipinski definition) is 17. The molecule has 7 rings (SSSR count). The number of ether oxygens (including phenoxy) is 3. The normalized spacial score (nSPS) is 41.5. The summed E-state index contributed by atoms with van der Waals surface area (Å²) in [5, 5.41) is 91.7. The molecule has 2 saturated carbocycles. The van der Waals surface area contributed by atoms with Crippen LogP contribution in [-0.4, -0.2) is 148 Å². The van der Waals surface area contributed by atoms with Gasteiger partial charge in [0.15, 0.2) is 18.1 Å². The topological polar surface area (TPSA) is 326 Å². The molecule has 276 valence electrons. The minimum absolute atomic E-state index is 0.132. The van der Waals surface area contributed by atoms with Crippen LogP contribution in [0.5, 0.6) is 0 Å². The minimum Gasteiger partial charge on any atom is -0.456 e. The molecule has 4 heterocycles. The van der Waals surface area contributed by atoms with Crippen LogP contribution in [0.1, 0.15) is 12.5 Å². The molecule has 1 spiro atoms. The third-order valence-corrected chi connectivity index (χ3v) is 10.9. The number of aromatic nitrogens is 2. The lowest BCUT2D eigenvalue weighted by Gasteiger charge is -2.46. The van der Waals surface area contributed by atoms with E-state index in [0.29, 0.717) is 4.47 Å². The van der Waals surface area contributed by atoms with E-state index >= 15 is 0 Å². The number of anilines is 2. The number of aliphatic hydroxyl groups excluding tert-OH is 7. The monoisotopic (exact) mass is 783 g/mol. The zero-order chi connectivity index (χ0) is 36.9. The molecule has 1 aromatic heterocycles. The fraction of sp³-hybridized carbons (Fsp3) is 0.567. The predicted molar refractivity (Wildman–Crippen MR) is 172 cm³/mol. The van der Waals surface area contributed by atoms with E-state index in [9.17, 15) is 60.0 Å². The second-order valence-electron chi connectivity index (χ2n) is 13.3. The van der Waals surface area contributed by atoms with Gasteiger partial charge in [0.2, 0.25) is 5.91 Å². The van der Waals surface area contributed by atoms with Crippen LogP contribution >= 0.6 is 15.9 Å². The SMILES string of the molecule is C[C@@]1(O)C2=Nc3c([nH]c(=O)[nH]c3=O)NC[C@H]2[C@H](C(=O)O[C@@H]2[C@@H](O)[C@@H](O)[C@@H](O)[C@H](O)[C@H]2O[C@@H]2OC[C@@H](O)[C@H](O)[C@H]2O)[C@]12C(=O)Nc1cc(Br)ccc12. The highest BCUT2D eigenvalue weighted by Crippen LogP contribution is 2.60. The zero-order valence-electron chi connectivity index (χ0n) is 26.3. The van der Waals surface area contributed by atoms with Crippen molar-refractivity contribution in [3.63, 3.8) is 0 Å². The molecule has 5 aliphatic rings. The molecular formula is C30H34BrN5O15. The zero-order valence-corrected chi connectivity index (χ0v) is 27.9. The van der Waals surface area contributed by atoms with E-state index in [-0.39, 0.29) is 35.0 Å². The average Bonchev–Trinajstić information content (AvgIpc) is 3.35. The molecule has 12 N–H and O–H groups in total. The highest BCUT2D eigenvalue weighted by molar-refractivity contribution is 9.10. The Morgan fingerprint density at radius 3 is 2.35 bits per heavy atom. The van der Waals surface area contributed by atoms with Gasteiger partial charge in [0.05, 0.1) is 18.2 Å². The van der Waals surface area contributed by atoms with Gasteiger partial charge in [0.25, 0.3) is 5.56 Å². The first-order valence-electron chi connectivity index (χ1n) is 15.8. The lowest BCUT2D eigenvalue weighted by atomic mass is 9.65. The molecule has 20 nitrogen and oxygen atoms in total. The van der Waals surface area contributed by atoms with E-state index in [1.165, 1.54) is 19.1 Å². The number of aliphatic imine (C=N–C) groups is 1. The largest absolute Gasteiger partial charge is 0.456 e. The van der Waals surface area contributed by atoms with Gasteiger partial charge in [-0.2, -0.15) is 0 Å². The summed E-state index contributed by atoms with van der Waals surface area (Å²) in [5.41, 5.74) is -6.65. The van der Waals surface area contributed by atoms with Gasteiger partial charge in [0.1, 0.15) is 65.7 Å². The molecule has 21 heteroatoms. The molecule has 1 amide bonds. The first kappa shape index (κ1) is 35.8. The van der Waals surface area contributed by atoms with Gasteiger partial charge in [-0.05, 0) is 24.6 Å². The van der Waals surface area contributed by atoms with Crippen molar-refractivity contribution in [1.29, 1.82) is 0 Å². The highest BCUT2D eigenvalue weighted by Gasteiger charge is 2.75. The highest BCUT2D eigenvalue weighted by atomic mass is 79.9. The van der Waals surface area contributed by atoms with Crippen molar-refractivity contribution < 1.29 is 64.7 Å². The molecule has 0 radical (unpaired) electrons. The van der Waals surface area contributed by atoms with Crippen molar-refractivity contribution in [3.8, 4) is 0 Å². The van der Waals surface area contributed by atoms with Gasteiger partial charge in [-0.1, -0.05) is 22.0 Å². The molecule has 0 bridgehead atoms. The maximum absolute atomic E-state index is 14.7. The van der Waals surface area contributed by atoms with Gasteiger partial charge in [0, 0.05) is 22.6 Å². The van der Waals surface area contributed by atoms with Crippen LogP contribution in [0.2, 0.25) is 0 Å². The Labute approximate surface area is 293 Å². The number of carbonyl (C=O) groups is 2. The van der Waals surface area contributed by atoms with E-state index in [4.69, 9.17) is 14.2 Å². The van der Waals surface area contributed by atoms with Gasteiger partial charge in [-0.15, -0.1) is 0 Å². The number of carbonyl (C=O) groups excluding carboxylic acids is 2. The Morgan fingerprint density at radius 1 is 0.961 bits per heavy atom. The number of aliphatic hydroxyl groups is 8. The number of esters is 1. The number of halogens is 1. The van der Waals surface area contributed by atoms with Gasteiger partial charge in [-0.25, -0.2) is 9.79 Å².